The molecule has 2 heterocycles. The zero-order valence-electron chi connectivity index (χ0n) is 18.2. The van der Waals surface area contributed by atoms with E-state index in [0.717, 1.165) is 16.5 Å². The predicted octanol–water partition coefficient (Wildman–Crippen LogP) is 4.45. The van der Waals surface area contributed by atoms with Crippen LogP contribution in [0.3, 0.4) is 0 Å². The molecule has 1 aliphatic rings. The van der Waals surface area contributed by atoms with Gasteiger partial charge in [-0.25, -0.2) is 9.37 Å². The van der Waals surface area contributed by atoms with E-state index in [1.165, 1.54) is 12.1 Å². The highest BCUT2D eigenvalue weighted by molar-refractivity contribution is 6.33. The number of benzene rings is 2. The molecule has 6 N–H and O–H groups in total. The van der Waals surface area contributed by atoms with Crippen LogP contribution in [0.1, 0.15) is 31.4 Å². The quantitative estimate of drug-likeness (QED) is 0.331. The van der Waals surface area contributed by atoms with E-state index < -0.39 is 23.4 Å². The predicted molar refractivity (Wildman–Crippen MR) is 130 cm³/mol. The van der Waals surface area contributed by atoms with Crippen molar-refractivity contribution in [2.45, 2.75) is 44.4 Å². The molecule has 4 atom stereocenters. The lowest BCUT2D eigenvalue weighted by atomic mass is 9.80. The Morgan fingerprint density at radius 2 is 1.97 bits per heavy atom. The molecule has 2 aromatic heterocycles. The molecule has 1 saturated carbocycles. The SMILES string of the molecule is C[C@]1(CCc2cc(F)c3cc(Cl)c(N)nc3c2)C[C@@H](n2ccc3c(N)cccc32)[C@H](O)[C@@H]1O. The first-order chi connectivity index (χ1) is 15.7. The standard InChI is InChI=1S/C25H26ClFN4O2/c1-25(7-5-13-9-17(27)15-11-16(26)24(29)30-19(15)10-13)12-21(22(32)23(25)33)31-8-6-14-18(28)3-2-4-20(14)31/h2-4,6,8-11,21-23,32-33H,5,7,12,28H2,1H3,(H2,29,30)/t21-,22+,23+,25+/m1/s1. The zero-order valence-corrected chi connectivity index (χ0v) is 18.9. The molecule has 0 radical (unpaired) electrons. The van der Waals surface area contributed by atoms with Gasteiger partial charge in [-0.3, -0.25) is 0 Å². The Kier molecular flexibility index (Phi) is 5.23. The van der Waals surface area contributed by atoms with Crippen LogP contribution in [-0.2, 0) is 6.42 Å². The summed E-state index contributed by atoms with van der Waals surface area (Å²) in [6.07, 6.45) is 1.72. The summed E-state index contributed by atoms with van der Waals surface area (Å²) in [5.74, 6) is -0.257. The topological polar surface area (TPSA) is 110 Å². The summed E-state index contributed by atoms with van der Waals surface area (Å²) in [5.41, 5.74) is 14.1. The third-order valence-electron chi connectivity index (χ3n) is 7.17. The van der Waals surface area contributed by atoms with E-state index in [-0.39, 0.29) is 16.9 Å². The molecule has 0 unspecified atom stereocenters. The molecule has 5 rings (SSSR count). The molecule has 6 nitrogen and oxygen atoms in total. The summed E-state index contributed by atoms with van der Waals surface area (Å²) in [5, 5.41) is 23.4. The van der Waals surface area contributed by atoms with E-state index in [0.29, 0.717) is 35.9 Å². The van der Waals surface area contributed by atoms with Crippen LogP contribution in [0.2, 0.25) is 5.02 Å². The van der Waals surface area contributed by atoms with Crippen molar-refractivity contribution in [1.82, 2.24) is 9.55 Å². The molecule has 1 fully saturated rings. The van der Waals surface area contributed by atoms with Gasteiger partial charge in [0.05, 0.1) is 28.2 Å². The van der Waals surface area contributed by atoms with Crippen LogP contribution in [0.5, 0.6) is 0 Å². The Bertz CT molecular complexity index is 1370. The van der Waals surface area contributed by atoms with Gasteiger partial charge in [0.15, 0.2) is 0 Å². The number of aliphatic hydroxyl groups excluding tert-OH is 2. The van der Waals surface area contributed by atoms with Gasteiger partial charge in [-0.1, -0.05) is 24.6 Å². The highest BCUT2D eigenvalue weighted by Crippen LogP contribution is 2.48. The molecular formula is C25H26ClFN4O2. The maximum absolute atomic E-state index is 14.7. The lowest BCUT2D eigenvalue weighted by Crippen LogP contribution is -2.35. The number of hydrogen-bond acceptors (Lipinski definition) is 5. The van der Waals surface area contributed by atoms with Crippen LogP contribution in [-0.4, -0.2) is 32.0 Å². The number of nitrogens with two attached hydrogens (primary N) is 2. The Morgan fingerprint density at radius 1 is 1.18 bits per heavy atom. The van der Waals surface area contributed by atoms with Gasteiger partial charge in [0.1, 0.15) is 17.7 Å². The minimum Gasteiger partial charge on any atom is -0.398 e. The Labute approximate surface area is 195 Å². The lowest BCUT2D eigenvalue weighted by molar-refractivity contribution is -0.0241. The summed E-state index contributed by atoms with van der Waals surface area (Å²) in [7, 11) is 0. The molecule has 33 heavy (non-hydrogen) atoms. The van der Waals surface area contributed by atoms with E-state index >= 15 is 0 Å². The van der Waals surface area contributed by atoms with E-state index in [2.05, 4.69) is 4.98 Å². The van der Waals surface area contributed by atoms with Gasteiger partial charge in [0.2, 0.25) is 0 Å². The number of fused-ring (bicyclic) bond motifs is 2. The van der Waals surface area contributed by atoms with Gasteiger partial charge in [-0.2, -0.15) is 0 Å². The molecule has 0 amide bonds. The average Bonchev–Trinajstić information content (AvgIpc) is 3.30. The summed E-state index contributed by atoms with van der Waals surface area (Å²) in [6, 6.07) is 12.1. The number of aliphatic hydroxyl groups is 2. The van der Waals surface area contributed by atoms with Crippen molar-refractivity contribution in [1.29, 1.82) is 0 Å². The van der Waals surface area contributed by atoms with E-state index in [4.69, 9.17) is 23.1 Å². The fourth-order valence-electron chi connectivity index (χ4n) is 5.21. The second-order valence-corrected chi connectivity index (χ2v) is 9.77. The largest absolute Gasteiger partial charge is 0.398 e. The second kappa shape index (κ2) is 7.87. The number of nitrogen functional groups attached to an aromatic ring is 2. The first kappa shape index (κ1) is 21.9. The molecule has 1 aliphatic carbocycles. The fourth-order valence-corrected chi connectivity index (χ4v) is 5.36. The first-order valence-corrected chi connectivity index (χ1v) is 11.3. The van der Waals surface area contributed by atoms with Crippen molar-refractivity contribution in [3.8, 4) is 0 Å². The normalized spacial score (nSPS) is 25.3. The second-order valence-electron chi connectivity index (χ2n) is 9.36. The van der Waals surface area contributed by atoms with Crippen LogP contribution in [0, 0.1) is 11.2 Å². The molecule has 0 spiro atoms. The minimum absolute atomic E-state index is 0.157. The van der Waals surface area contributed by atoms with Gasteiger partial charge in [-0.05, 0) is 66.6 Å². The molecule has 8 heteroatoms. The molecule has 0 bridgehead atoms. The smallest absolute Gasteiger partial charge is 0.142 e. The van der Waals surface area contributed by atoms with Crippen LogP contribution >= 0.6 is 11.6 Å². The Hall–Kier alpha value is -2.87. The average molecular weight is 469 g/mol. The summed E-state index contributed by atoms with van der Waals surface area (Å²) in [6.45, 7) is 1.97. The number of anilines is 2. The van der Waals surface area contributed by atoms with Crippen molar-refractivity contribution >= 4 is 44.9 Å². The number of aryl methyl sites for hydroxylation is 1. The Morgan fingerprint density at radius 3 is 2.76 bits per heavy atom. The number of pyridine rings is 1. The fraction of sp³-hybridized carbons (Fsp3) is 0.320. The van der Waals surface area contributed by atoms with Crippen molar-refractivity contribution in [3.63, 3.8) is 0 Å². The molecule has 172 valence electrons. The number of halogens is 2. The number of rotatable bonds is 4. The summed E-state index contributed by atoms with van der Waals surface area (Å²) >= 11 is 5.98. The van der Waals surface area contributed by atoms with E-state index in [1.807, 2.05) is 42.0 Å². The van der Waals surface area contributed by atoms with E-state index in [9.17, 15) is 14.6 Å². The van der Waals surface area contributed by atoms with Gasteiger partial charge in [0.25, 0.3) is 0 Å². The van der Waals surface area contributed by atoms with Gasteiger partial charge < -0.3 is 26.2 Å². The van der Waals surface area contributed by atoms with Crippen molar-refractivity contribution in [2.75, 3.05) is 11.5 Å². The molecule has 4 aromatic rings. The van der Waals surface area contributed by atoms with Crippen LogP contribution in [0.4, 0.5) is 15.9 Å². The van der Waals surface area contributed by atoms with Gasteiger partial charge in [-0.15, -0.1) is 0 Å². The Balaban J connectivity index is 1.40. The van der Waals surface area contributed by atoms with E-state index in [1.54, 1.807) is 6.07 Å². The van der Waals surface area contributed by atoms with Crippen molar-refractivity contribution in [2.24, 2.45) is 5.41 Å². The van der Waals surface area contributed by atoms with Gasteiger partial charge in [0, 0.05) is 22.7 Å². The molecule has 0 saturated heterocycles. The molecule has 0 aliphatic heterocycles. The number of nitrogens with zero attached hydrogens (tertiary/aromatic N) is 2. The summed E-state index contributed by atoms with van der Waals surface area (Å²) in [4.78, 5) is 4.21. The minimum atomic E-state index is -0.927. The number of aromatic nitrogens is 2. The molecule has 2 aromatic carbocycles. The van der Waals surface area contributed by atoms with Crippen LogP contribution in [0.25, 0.3) is 21.8 Å². The lowest BCUT2D eigenvalue weighted by Gasteiger charge is -2.28. The van der Waals surface area contributed by atoms with Crippen molar-refractivity contribution < 1.29 is 14.6 Å². The highest BCUT2D eigenvalue weighted by atomic mass is 35.5. The van der Waals surface area contributed by atoms with Crippen LogP contribution in [0.15, 0.2) is 48.7 Å². The highest BCUT2D eigenvalue weighted by Gasteiger charge is 2.50. The molecular weight excluding hydrogens is 443 g/mol. The first-order valence-electron chi connectivity index (χ1n) is 10.9. The zero-order chi connectivity index (χ0) is 23.5. The third-order valence-corrected chi connectivity index (χ3v) is 7.47. The monoisotopic (exact) mass is 468 g/mol. The summed E-state index contributed by atoms with van der Waals surface area (Å²) < 4.78 is 16.7. The van der Waals surface area contributed by atoms with Gasteiger partial charge >= 0.3 is 0 Å². The van der Waals surface area contributed by atoms with Crippen molar-refractivity contribution in [3.05, 3.63) is 65.1 Å². The van der Waals surface area contributed by atoms with Crippen LogP contribution < -0.4 is 11.5 Å². The maximum Gasteiger partial charge on any atom is 0.142 e. The third kappa shape index (κ3) is 3.60. The number of hydrogen-bond donors (Lipinski definition) is 4. The maximum atomic E-state index is 14.7.